The Kier molecular flexibility index (Phi) is 4.08. The van der Waals surface area contributed by atoms with Gasteiger partial charge in [-0.1, -0.05) is 29.3 Å². The van der Waals surface area contributed by atoms with Crippen LogP contribution in [0.3, 0.4) is 0 Å². The lowest BCUT2D eigenvalue weighted by Crippen LogP contribution is -2.00. The van der Waals surface area contributed by atoms with Crippen molar-refractivity contribution in [1.29, 1.82) is 0 Å². The van der Waals surface area contributed by atoms with Gasteiger partial charge in [0.15, 0.2) is 11.5 Å². The summed E-state index contributed by atoms with van der Waals surface area (Å²) in [5.74, 6) is -0.285. The fraction of sp³-hybridized carbons (Fsp3) is 0.143. The largest absolute Gasteiger partial charge is 0.504 e. The van der Waals surface area contributed by atoms with Crippen molar-refractivity contribution < 1.29 is 10.2 Å². The van der Waals surface area contributed by atoms with E-state index in [0.717, 1.165) is 16.8 Å². The van der Waals surface area contributed by atoms with E-state index in [1.165, 1.54) is 12.1 Å². The van der Waals surface area contributed by atoms with E-state index in [1.807, 2.05) is 6.92 Å². The third kappa shape index (κ3) is 3.25. The molecular weight excluding hydrogens is 285 g/mol. The first-order chi connectivity index (χ1) is 8.97. The van der Waals surface area contributed by atoms with Gasteiger partial charge in [-0.2, -0.15) is 0 Å². The predicted octanol–water partition coefficient (Wildman–Crippen LogP) is 4.33. The van der Waals surface area contributed by atoms with Gasteiger partial charge in [0.05, 0.1) is 10.7 Å². The Balaban J connectivity index is 2.14. The minimum absolute atomic E-state index is 0.139. The molecule has 100 valence electrons. The Morgan fingerprint density at radius 1 is 1.00 bits per heavy atom. The average molecular weight is 298 g/mol. The zero-order valence-corrected chi connectivity index (χ0v) is 11.8. The van der Waals surface area contributed by atoms with Crippen molar-refractivity contribution in [3.8, 4) is 11.5 Å². The first-order valence-electron chi connectivity index (χ1n) is 5.68. The smallest absolute Gasteiger partial charge is 0.157 e. The molecule has 0 spiro atoms. The molecule has 2 aromatic carbocycles. The molecule has 0 saturated carbocycles. The van der Waals surface area contributed by atoms with Gasteiger partial charge in [-0.05, 0) is 42.3 Å². The first-order valence-corrected chi connectivity index (χ1v) is 6.43. The van der Waals surface area contributed by atoms with Crippen molar-refractivity contribution in [1.82, 2.24) is 0 Å². The van der Waals surface area contributed by atoms with Crippen LogP contribution in [0.15, 0.2) is 30.3 Å². The van der Waals surface area contributed by atoms with Crippen molar-refractivity contribution in [3.05, 3.63) is 51.5 Å². The summed E-state index contributed by atoms with van der Waals surface area (Å²) in [5, 5.41) is 23.0. The lowest BCUT2D eigenvalue weighted by molar-refractivity contribution is 0.403. The van der Waals surface area contributed by atoms with E-state index in [4.69, 9.17) is 23.2 Å². The molecule has 0 atom stereocenters. The Morgan fingerprint density at radius 2 is 1.74 bits per heavy atom. The van der Waals surface area contributed by atoms with E-state index in [0.29, 0.717) is 16.6 Å². The summed E-state index contributed by atoms with van der Waals surface area (Å²) < 4.78 is 0. The van der Waals surface area contributed by atoms with Crippen molar-refractivity contribution >= 4 is 28.9 Å². The highest BCUT2D eigenvalue weighted by molar-refractivity contribution is 6.35. The molecule has 0 aliphatic heterocycles. The van der Waals surface area contributed by atoms with Crippen molar-refractivity contribution in [2.45, 2.75) is 13.5 Å². The summed E-state index contributed by atoms with van der Waals surface area (Å²) in [5.41, 5.74) is 2.47. The summed E-state index contributed by atoms with van der Waals surface area (Å²) in [4.78, 5) is 0. The predicted molar refractivity (Wildman–Crippen MR) is 78.3 cm³/mol. The number of phenols is 2. The highest BCUT2D eigenvalue weighted by Crippen LogP contribution is 2.30. The second-order valence-corrected chi connectivity index (χ2v) is 5.07. The van der Waals surface area contributed by atoms with Crippen LogP contribution in [-0.4, -0.2) is 10.2 Å². The number of hydrogen-bond acceptors (Lipinski definition) is 3. The molecule has 3 N–H and O–H groups in total. The van der Waals surface area contributed by atoms with Crippen LogP contribution >= 0.6 is 23.2 Å². The molecule has 2 rings (SSSR count). The molecule has 19 heavy (non-hydrogen) atoms. The fourth-order valence-corrected chi connectivity index (χ4v) is 2.11. The number of aromatic hydroxyl groups is 2. The second-order valence-electron chi connectivity index (χ2n) is 4.26. The van der Waals surface area contributed by atoms with Gasteiger partial charge in [0.25, 0.3) is 0 Å². The second kappa shape index (κ2) is 5.59. The summed E-state index contributed by atoms with van der Waals surface area (Å²) in [7, 11) is 0. The number of rotatable bonds is 3. The van der Waals surface area contributed by atoms with Crippen LogP contribution in [0.5, 0.6) is 11.5 Å². The number of nitrogens with one attached hydrogen (secondary N) is 1. The van der Waals surface area contributed by atoms with Crippen LogP contribution < -0.4 is 5.32 Å². The van der Waals surface area contributed by atoms with Gasteiger partial charge in [0.1, 0.15) is 0 Å². The van der Waals surface area contributed by atoms with Crippen LogP contribution in [0.25, 0.3) is 0 Å². The van der Waals surface area contributed by atoms with Crippen molar-refractivity contribution in [2.75, 3.05) is 5.32 Å². The standard InChI is InChI=1S/C14H13Cl2NO2/c1-8-4-11(16)12(6-10(8)15)17-7-9-2-3-13(18)14(19)5-9/h2-6,17-19H,7H2,1H3. The van der Waals surface area contributed by atoms with Crippen LogP contribution in [0.4, 0.5) is 5.69 Å². The molecule has 0 saturated heterocycles. The van der Waals surface area contributed by atoms with E-state index in [1.54, 1.807) is 18.2 Å². The minimum Gasteiger partial charge on any atom is -0.504 e. The maximum Gasteiger partial charge on any atom is 0.157 e. The fourth-order valence-electron chi connectivity index (χ4n) is 1.66. The lowest BCUT2D eigenvalue weighted by atomic mass is 10.2. The zero-order valence-electron chi connectivity index (χ0n) is 10.2. The van der Waals surface area contributed by atoms with Crippen LogP contribution in [0.1, 0.15) is 11.1 Å². The van der Waals surface area contributed by atoms with Crippen LogP contribution in [0, 0.1) is 6.92 Å². The third-order valence-corrected chi connectivity index (χ3v) is 3.49. The molecule has 0 bridgehead atoms. The maximum absolute atomic E-state index is 9.41. The number of hydrogen-bond donors (Lipinski definition) is 3. The summed E-state index contributed by atoms with van der Waals surface area (Å²) in [6.07, 6.45) is 0. The zero-order chi connectivity index (χ0) is 14.0. The molecule has 5 heteroatoms. The van der Waals surface area contributed by atoms with E-state index in [2.05, 4.69) is 5.32 Å². The van der Waals surface area contributed by atoms with E-state index in [-0.39, 0.29) is 11.5 Å². The normalized spacial score (nSPS) is 10.5. The SMILES string of the molecule is Cc1cc(Cl)c(NCc2ccc(O)c(O)c2)cc1Cl. The minimum atomic E-state index is -0.146. The average Bonchev–Trinajstić information content (AvgIpc) is 2.36. The Morgan fingerprint density at radius 3 is 2.42 bits per heavy atom. The monoisotopic (exact) mass is 297 g/mol. The first kappa shape index (κ1) is 13.8. The number of halogens is 2. The Hall–Kier alpha value is -1.58. The Labute approximate surface area is 121 Å². The quantitative estimate of drug-likeness (QED) is 0.739. The van der Waals surface area contributed by atoms with Crippen LogP contribution in [0.2, 0.25) is 10.0 Å². The number of benzene rings is 2. The van der Waals surface area contributed by atoms with Gasteiger partial charge < -0.3 is 15.5 Å². The summed E-state index contributed by atoms with van der Waals surface area (Å²) >= 11 is 12.2. The van der Waals surface area contributed by atoms with Crippen molar-refractivity contribution in [2.24, 2.45) is 0 Å². The number of anilines is 1. The maximum atomic E-state index is 9.41. The molecule has 0 fully saturated rings. The molecule has 2 aromatic rings. The van der Waals surface area contributed by atoms with E-state index >= 15 is 0 Å². The summed E-state index contributed by atoms with van der Waals surface area (Å²) in [6, 6.07) is 8.20. The molecule has 0 unspecified atom stereocenters. The number of phenolic OH excluding ortho intramolecular Hbond substituents is 2. The molecule has 0 radical (unpaired) electrons. The molecule has 0 heterocycles. The van der Waals surface area contributed by atoms with Gasteiger partial charge in [-0.25, -0.2) is 0 Å². The third-order valence-electron chi connectivity index (χ3n) is 2.77. The molecule has 3 nitrogen and oxygen atoms in total. The topological polar surface area (TPSA) is 52.5 Å². The Bertz CT molecular complexity index is 615. The van der Waals surface area contributed by atoms with Gasteiger partial charge in [-0.15, -0.1) is 0 Å². The van der Waals surface area contributed by atoms with Gasteiger partial charge in [-0.3, -0.25) is 0 Å². The van der Waals surface area contributed by atoms with Gasteiger partial charge in [0.2, 0.25) is 0 Å². The highest BCUT2D eigenvalue weighted by Gasteiger charge is 2.05. The summed E-state index contributed by atoms with van der Waals surface area (Å²) in [6.45, 7) is 2.35. The highest BCUT2D eigenvalue weighted by atomic mass is 35.5. The molecule has 0 amide bonds. The molecular formula is C14H13Cl2NO2. The molecule has 0 aliphatic rings. The van der Waals surface area contributed by atoms with E-state index in [9.17, 15) is 10.2 Å². The van der Waals surface area contributed by atoms with Gasteiger partial charge >= 0.3 is 0 Å². The molecule has 0 aromatic heterocycles. The molecule has 0 aliphatic carbocycles. The van der Waals surface area contributed by atoms with Crippen molar-refractivity contribution in [3.63, 3.8) is 0 Å². The number of aryl methyl sites for hydroxylation is 1. The van der Waals surface area contributed by atoms with Crippen LogP contribution in [-0.2, 0) is 6.54 Å². The van der Waals surface area contributed by atoms with E-state index < -0.39 is 0 Å². The lowest BCUT2D eigenvalue weighted by Gasteiger charge is -2.11. The van der Waals surface area contributed by atoms with Gasteiger partial charge in [0, 0.05) is 11.6 Å².